The van der Waals surface area contributed by atoms with E-state index in [9.17, 15) is 4.79 Å². The molecule has 0 saturated carbocycles. The SMILES string of the molecule is Cc1cc(C(=O)N2CCCCC2C2OCCO2)c(C)s1. The number of amides is 1. The highest BCUT2D eigenvalue weighted by atomic mass is 32.1. The molecule has 3 rings (SSSR count). The number of carbonyl (C=O) groups excluding carboxylic acids is 1. The third-order valence-electron chi connectivity index (χ3n) is 4.04. The Bertz CT molecular complexity index is 493. The van der Waals surface area contributed by atoms with Gasteiger partial charge in [0.05, 0.1) is 24.8 Å². The summed E-state index contributed by atoms with van der Waals surface area (Å²) in [6, 6.07) is 2.07. The van der Waals surface area contributed by atoms with Crippen LogP contribution in [0.25, 0.3) is 0 Å². The van der Waals surface area contributed by atoms with E-state index in [1.807, 2.05) is 24.8 Å². The summed E-state index contributed by atoms with van der Waals surface area (Å²) in [6.07, 6.45) is 2.94. The minimum Gasteiger partial charge on any atom is -0.348 e. The average Bonchev–Trinajstić information content (AvgIpc) is 3.07. The Balaban J connectivity index is 1.82. The largest absolute Gasteiger partial charge is 0.348 e. The van der Waals surface area contributed by atoms with E-state index in [0.717, 1.165) is 36.2 Å². The first-order valence-electron chi connectivity index (χ1n) is 7.28. The van der Waals surface area contributed by atoms with Crippen LogP contribution >= 0.6 is 11.3 Å². The van der Waals surface area contributed by atoms with Gasteiger partial charge in [-0.05, 0) is 39.2 Å². The summed E-state index contributed by atoms with van der Waals surface area (Å²) in [4.78, 5) is 17.1. The van der Waals surface area contributed by atoms with Crippen LogP contribution in [-0.2, 0) is 9.47 Å². The first-order chi connectivity index (χ1) is 9.66. The smallest absolute Gasteiger partial charge is 0.255 e. The summed E-state index contributed by atoms with van der Waals surface area (Å²) in [7, 11) is 0. The molecule has 0 N–H and O–H groups in total. The second-order valence-electron chi connectivity index (χ2n) is 5.50. The topological polar surface area (TPSA) is 38.8 Å². The Labute approximate surface area is 123 Å². The van der Waals surface area contributed by atoms with Crippen molar-refractivity contribution in [2.45, 2.75) is 45.4 Å². The minimum atomic E-state index is -0.237. The lowest BCUT2D eigenvalue weighted by Gasteiger charge is -2.38. The van der Waals surface area contributed by atoms with Crippen LogP contribution in [0.15, 0.2) is 6.07 Å². The Morgan fingerprint density at radius 1 is 1.30 bits per heavy atom. The van der Waals surface area contributed by atoms with E-state index in [1.165, 1.54) is 4.88 Å². The zero-order chi connectivity index (χ0) is 14.1. The molecule has 1 aromatic rings. The first-order valence-corrected chi connectivity index (χ1v) is 8.09. The fourth-order valence-electron chi connectivity index (χ4n) is 3.09. The maximum absolute atomic E-state index is 12.8. The number of ether oxygens (including phenoxy) is 2. The number of nitrogens with zero attached hydrogens (tertiary/aromatic N) is 1. The van der Waals surface area contributed by atoms with Crippen molar-refractivity contribution in [3.8, 4) is 0 Å². The number of hydrogen-bond acceptors (Lipinski definition) is 4. The second kappa shape index (κ2) is 5.84. The van der Waals surface area contributed by atoms with Gasteiger partial charge in [0.15, 0.2) is 6.29 Å². The van der Waals surface area contributed by atoms with Gasteiger partial charge in [-0.2, -0.15) is 0 Å². The summed E-state index contributed by atoms with van der Waals surface area (Å²) in [5.41, 5.74) is 0.845. The van der Waals surface area contributed by atoms with Gasteiger partial charge >= 0.3 is 0 Å². The highest BCUT2D eigenvalue weighted by Crippen LogP contribution is 2.28. The number of hydrogen-bond donors (Lipinski definition) is 0. The van der Waals surface area contributed by atoms with Gasteiger partial charge in [-0.25, -0.2) is 0 Å². The van der Waals surface area contributed by atoms with Crippen LogP contribution in [0.5, 0.6) is 0 Å². The van der Waals surface area contributed by atoms with Crippen molar-refractivity contribution in [3.05, 3.63) is 21.4 Å². The molecular formula is C15H21NO3S. The van der Waals surface area contributed by atoms with Crippen LogP contribution in [0.2, 0.25) is 0 Å². The molecule has 1 atom stereocenters. The lowest BCUT2D eigenvalue weighted by Crippen LogP contribution is -2.50. The van der Waals surface area contributed by atoms with Crippen LogP contribution in [0.1, 0.15) is 39.4 Å². The normalized spacial score (nSPS) is 24.3. The Morgan fingerprint density at radius 3 is 2.70 bits per heavy atom. The number of carbonyl (C=O) groups is 1. The molecular weight excluding hydrogens is 274 g/mol. The van der Waals surface area contributed by atoms with Crippen LogP contribution in [-0.4, -0.2) is 42.9 Å². The Kier molecular flexibility index (Phi) is 4.10. The number of aryl methyl sites for hydroxylation is 2. The molecule has 0 bridgehead atoms. The molecule has 2 aliphatic rings. The van der Waals surface area contributed by atoms with E-state index in [1.54, 1.807) is 11.3 Å². The zero-order valence-corrected chi connectivity index (χ0v) is 12.9. The monoisotopic (exact) mass is 295 g/mol. The van der Waals surface area contributed by atoms with E-state index in [0.29, 0.717) is 13.2 Å². The molecule has 0 aromatic carbocycles. The molecule has 1 unspecified atom stereocenters. The average molecular weight is 295 g/mol. The van der Waals surface area contributed by atoms with Crippen LogP contribution in [0.4, 0.5) is 0 Å². The first kappa shape index (κ1) is 14.0. The van der Waals surface area contributed by atoms with Crippen LogP contribution < -0.4 is 0 Å². The molecule has 20 heavy (non-hydrogen) atoms. The van der Waals surface area contributed by atoms with Gasteiger partial charge in [-0.1, -0.05) is 0 Å². The van der Waals surface area contributed by atoms with Crippen molar-refractivity contribution in [1.29, 1.82) is 0 Å². The van der Waals surface area contributed by atoms with Crippen LogP contribution in [0.3, 0.4) is 0 Å². The summed E-state index contributed by atoms with van der Waals surface area (Å²) in [5, 5.41) is 0. The molecule has 110 valence electrons. The van der Waals surface area contributed by atoms with E-state index in [-0.39, 0.29) is 18.2 Å². The van der Waals surface area contributed by atoms with Crippen molar-refractivity contribution >= 4 is 17.2 Å². The van der Waals surface area contributed by atoms with E-state index in [4.69, 9.17) is 9.47 Å². The zero-order valence-electron chi connectivity index (χ0n) is 12.1. The van der Waals surface area contributed by atoms with Crippen molar-refractivity contribution < 1.29 is 14.3 Å². The summed E-state index contributed by atoms with van der Waals surface area (Å²) in [6.45, 7) is 6.15. The number of piperidine rings is 1. The van der Waals surface area contributed by atoms with Gasteiger partial charge in [0, 0.05) is 16.3 Å². The van der Waals surface area contributed by atoms with Gasteiger partial charge in [0.1, 0.15) is 0 Å². The molecule has 0 radical (unpaired) electrons. The van der Waals surface area contributed by atoms with Crippen molar-refractivity contribution in [2.24, 2.45) is 0 Å². The molecule has 3 heterocycles. The maximum Gasteiger partial charge on any atom is 0.255 e. The maximum atomic E-state index is 12.8. The van der Waals surface area contributed by atoms with Crippen molar-refractivity contribution in [3.63, 3.8) is 0 Å². The molecule has 1 aromatic heterocycles. The predicted molar refractivity (Wildman–Crippen MR) is 78.2 cm³/mol. The van der Waals surface area contributed by atoms with Crippen molar-refractivity contribution in [2.75, 3.05) is 19.8 Å². The highest BCUT2D eigenvalue weighted by molar-refractivity contribution is 7.12. The molecule has 4 nitrogen and oxygen atoms in total. The Morgan fingerprint density at radius 2 is 2.05 bits per heavy atom. The standard InChI is InChI=1S/C15H21NO3S/c1-10-9-12(11(2)20-10)14(17)16-6-4-3-5-13(16)15-18-7-8-19-15/h9,13,15H,3-8H2,1-2H3. The molecule has 2 fully saturated rings. The fraction of sp³-hybridized carbons (Fsp3) is 0.667. The number of likely N-dealkylation sites (tertiary alicyclic amines) is 1. The molecule has 1 amide bonds. The Hall–Kier alpha value is -0.910. The molecule has 2 aliphatic heterocycles. The highest BCUT2D eigenvalue weighted by Gasteiger charge is 2.37. The van der Waals surface area contributed by atoms with Crippen molar-refractivity contribution in [1.82, 2.24) is 4.90 Å². The quantitative estimate of drug-likeness (QED) is 0.842. The third-order valence-corrected chi connectivity index (χ3v) is 5.01. The number of rotatable bonds is 2. The van der Waals surface area contributed by atoms with E-state index in [2.05, 4.69) is 0 Å². The van der Waals surface area contributed by atoms with E-state index >= 15 is 0 Å². The fourth-order valence-corrected chi connectivity index (χ4v) is 4.01. The van der Waals surface area contributed by atoms with Gasteiger partial charge < -0.3 is 14.4 Å². The van der Waals surface area contributed by atoms with Gasteiger partial charge in [0.2, 0.25) is 0 Å². The van der Waals surface area contributed by atoms with E-state index < -0.39 is 0 Å². The number of thiophene rings is 1. The minimum absolute atomic E-state index is 0.0679. The summed E-state index contributed by atoms with van der Waals surface area (Å²) < 4.78 is 11.3. The van der Waals surface area contributed by atoms with Gasteiger partial charge in [-0.15, -0.1) is 11.3 Å². The van der Waals surface area contributed by atoms with Gasteiger partial charge in [0.25, 0.3) is 5.91 Å². The van der Waals surface area contributed by atoms with Crippen LogP contribution in [0, 0.1) is 13.8 Å². The molecule has 0 spiro atoms. The predicted octanol–water partition coefficient (Wildman–Crippen LogP) is 2.73. The summed E-state index contributed by atoms with van der Waals surface area (Å²) in [5.74, 6) is 0.135. The third kappa shape index (κ3) is 2.62. The van der Waals surface area contributed by atoms with Gasteiger partial charge in [-0.3, -0.25) is 4.79 Å². The molecule has 2 saturated heterocycles. The second-order valence-corrected chi connectivity index (χ2v) is 6.96. The summed E-state index contributed by atoms with van der Waals surface area (Å²) >= 11 is 1.69. The lowest BCUT2D eigenvalue weighted by atomic mass is 10.0. The molecule has 5 heteroatoms. The molecule has 0 aliphatic carbocycles. The lowest BCUT2D eigenvalue weighted by molar-refractivity contribution is -0.100.